The molecule has 1 unspecified atom stereocenters. The van der Waals surface area contributed by atoms with Crippen molar-refractivity contribution in [1.82, 2.24) is 9.80 Å². The van der Waals surface area contributed by atoms with Crippen LogP contribution in [0.25, 0.3) is 0 Å². The van der Waals surface area contributed by atoms with Crippen LogP contribution in [0.1, 0.15) is 40.0 Å². The van der Waals surface area contributed by atoms with E-state index < -0.39 is 0 Å². The molecule has 3 aliphatic heterocycles. The number of hydrogen-bond donors (Lipinski definition) is 0. The maximum atomic E-state index is 13.2. The van der Waals surface area contributed by atoms with Gasteiger partial charge >= 0.3 is 0 Å². The van der Waals surface area contributed by atoms with Crippen molar-refractivity contribution in [2.45, 2.75) is 25.4 Å². The van der Waals surface area contributed by atoms with Gasteiger partial charge in [0, 0.05) is 51.0 Å². The molecule has 0 aliphatic carbocycles. The van der Waals surface area contributed by atoms with Crippen LogP contribution >= 0.6 is 0 Å². The molecule has 1 atom stereocenters. The number of piperazine rings is 1. The second kappa shape index (κ2) is 7.67. The molecule has 3 heterocycles. The standard InChI is InChI=1S/C24H28N4O2/c1-25-21-17-18(10-11-20(21)24(30)28-12-6-5-9-22(25)28)23(29)27-15-13-26(14-16-27)19-7-3-2-4-8-19/h2-4,7-8,10-11,17,22H,5-6,9,12-16H2,1H3. The van der Waals surface area contributed by atoms with Crippen LogP contribution in [0.4, 0.5) is 11.4 Å². The van der Waals surface area contributed by atoms with Gasteiger partial charge in [0.25, 0.3) is 11.8 Å². The van der Waals surface area contributed by atoms with Crippen molar-refractivity contribution >= 4 is 23.2 Å². The molecule has 3 aliphatic rings. The molecule has 30 heavy (non-hydrogen) atoms. The Labute approximate surface area is 177 Å². The zero-order valence-electron chi connectivity index (χ0n) is 17.5. The normalized spacial score (nSPS) is 21.4. The Morgan fingerprint density at radius 2 is 1.70 bits per heavy atom. The van der Waals surface area contributed by atoms with Crippen LogP contribution in [0.2, 0.25) is 0 Å². The SMILES string of the molecule is CN1c2cc(C(=O)N3CCN(c4ccccc4)CC3)ccc2C(=O)N2CCCCC21. The smallest absolute Gasteiger partial charge is 0.257 e. The van der Waals surface area contributed by atoms with Crippen LogP contribution in [0.3, 0.4) is 0 Å². The molecule has 0 aromatic heterocycles. The zero-order chi connectivity index (χ0) is 20.7. The molecular formula is C24H28N4O2. The lowest BCUT2D eigenvalue weighted by molar-refractivity contribution is 0.0588. The van der Waals surface area contributed by atoms with E-state index in [-0.39, 0.29) is 18.0 Å². The van der Waals surface area contributed by atoms with Gasteiger partial charge in [-0.3, -0.25) is 9.59 Å². The van der Waals surface area contributed by atoms with Gasteiger partial charge in [0.2, 0.25) is 0 Å². The van der Waals surface area contributed by atoms with Crippen LogP contribution in [0, 0.1) is 0 Å². The number of carbonyl (C=O) groups excluding carboxylic acids is 2. The third-order valence-corrected chi connectivity index (χ3v) is 6.72. The van der Waals surface area contributed by atoms with E-state index in [4.69, 9.17) is 0 Å². The summed E-state index contributed by atoms with van der Waals surface area (Å²) in [5, 5.41) is 0. The average molecular weight is 405 g/mol. The van der Waals surface area contributed by atoms with Gasteiger partial charge in [-0.25, -0.2) is 0 Å². The summed E-state index contributed by atoms with van der Waals surface area (Å²) in [4.78, 5) is 34.6. The highest BCUT2D eigenvalue weighted by Crippen LogP contribution is 2.35. The third kappa shape index (κ3) is 3.20. The van der Waals surface area contributed by atoms with E-state index in [0.29, 0.717) is 24.2 Å². The molecule has 2 fully saturated rings. The molecule has 0 bridgehead atoms. The first-order valence-corrected chi connectivity index (χ1v) is 10.9. The number of fused-ring (bicyclic) bond motifs is 2. The lowest BCUT2D eigenvalue weighted by atomic mass is 9.97. The minimum atomic E-state index is 0.0532. The van der Waals surface area contributed by atoms with Crippen LogP contribution in [-0.2, 0) is 0 Å². The van der Waals surface area contributed by atoms with Crippen molar-refractivity contribution in [3.63, 3.8) is 0 Å². The monoisotopic (exact) mass is 404 g/mol. The van der Waals surface area contributed by atoms with Crippen LogP contribution < -0.4 is 9.80 Å². The van der Waals surface area contributed by atoms with Crippen molar-refractivity contribution in [3.05, 3.63) is 59.7 Å². The predicted octanol–water partition coefficient (Wildman–Crippen LogP) is 3.05. The Morgan fingerprint density at radius 1 is 0.933 bits per heavy atom. The fourth-order valence-electron chi connectivity index (χ4n) is 5.00. The highest BCUT2D eigenvalue weighted by Gasteiger charge is 2.37. The number of hydrogen-bond acceptors (Lipinski definition) is 4. The number of carbonyl (C=O) groups is 2. The van der Waals surface area contributed by atoms with Gasteiger partial charge in [-0.2, -0.15) is 0 Å². The van der Waals surface area contributed by atoms with Crippen molar-refractivity contribution in [3.8, 4) is 0 Å². The molecule has 0 saturated carbocycles. The predicted molar refractivity (Wildman–Crippen MR) is 118 cm³/mol. The molecule has 2 amide bonds. The van der Waals surface area contributed by atoms with Gasteiger partial charge in [-0.05, 0) is 49.6 Å². The summed E-state index contributed by atoms with van der Waals surface area (Å²) in [7, 11) is 2.04. The quantitative estimate of drug-likeness (QED) is 0.772. The van der Waals surface area contributed by atoms with Crippen LogP contribution in [0.5, 0.6) is 0 Å². The molecule has 0 radical (unpaired) electrons. The van der Waals surface area contributed by atoms with Crippen molar-refractivity contribution in [2.75, 3.05) is 49.6 Å². The molecule has 2 saturated heterocycles. The summed E-state index contributed by atoms with van der Waals surface area (Å²) in [6, 6.07) is 15.9. The Balaban J connectivity index is 1.33. The summed E-state index contributed by atoms with van der Waals surface area (Å²) in [6.07, 6.45) is 3.30. The third-order valence-electron chi connectivity index (χ3n) is 6.72. The molecule has 5 rings (SSSR count). The average Bonchev–Trinajstić information content (AvgIpc) is 2.82. The fourth-order valence-corrected chi connectivity index (χ4v) is 5.00. The highest BCUT2D eigenvalue weighted by atomic mass is 16.2. The Kier molecular flexibility index (Phi) is 4.85. The number of benzene rings is 2. The minimum Gasteiger partial charge on any atom is -0.368 e. The minimum absolute atomic E-state index is 0.0532. The molecule has 6 heteroatoms. The van der Waals surface area contributed by atoms with E-state index in [1.165, 1.54) is 5.69 Å². The van der Waals surface area contributed by atoms with E-state index in [2.05, 4.69) is 21.9 Å². The second-order valence-electron chi connectivity index (χ2n) is 8.43. The van der Waals surface area contributed by atoms with E-state index in [1.54, 1.807) is 0 Å². The Hall–Kier alpha value is -3.02. The van der Waals surface area contributed by atoms with Crippen LogP contribution in [-0.4, -0.2) is 67.6 Å². The maximum absolute atomic E-state index is 13.2. The lowest BCUT2D eigenvalue weighted by Gasteiger charge is -2.46. The molecule has 2 aromatic carbocycles. The summed E-state index contributed by atoms with van der Waals surface area (Å²) in [5.41, 5.74) is 3.47. The number of rotatable bonds is 2. The Bertz CT molecular complexity index is 953. The topological polar surface area (TPSA) is 47.1 Å². The highest BCUT2D eigenvalue weighted by molar-refractivity contribution is 6.04. The van der Waals surface area contributed by atoms with Gasteiger partial charge in [0.05, 0.1) is 11.3 Å². The summed E-state index contributed by atoms with van der Waals surface area (Å²) >= 11 is 0. The molecule has 2 aromatic rings. The number of anilines is 2. The van der Waals surface area contributed by atoms with Crippen molar-refractivity contribution < 1.29 is 9.59 Å². The first-order valence-electron chi connectivity index (χ1n) is 10.9. The lowest BCUT2D eigenvalue weighted by Crippen LogP contribution is -2.56. The number of piperidine rings is 1. The van der Waals surface area contributed by atoms with Crippen molar-refractivity contribution in [2.24, 2.45) is 0 Å². The van der Waals surface area contributed by atoms with Crippen molar-refractivity contribution in [1.29, 1.82) is 0 Å². The molecule has 156 valence electrons. The van der Waals surface area contributed by atoms with E-state index >= 15 is 0 Å². The number of nitrogens with zero attached hydrogens (tertiary/aromatic N) is 4. The van der Waals surface area contributed by atoms with Gasteiger partial charge in [0.1, 0.15) is 6.17 Å². The molecule has 0 N–H and O–H groups in total. The largest absolute Gasteiger partial charge is 0.368 e. The molecular weight excluding hydrogens is 376 g/mol. The number of amides is 2. The second-order valence-corrected chi connectivity index (χ2v) is 8.43. The molecule has 0 spiro atoms. The van der Waals surface area contributed by atoms with E-state index in [9.17, 15) is 9.59 Å². The maximum Gasteiger partial charge on any atom is 0.257 e. The Morgan fingerprint density at radius 3 is 2.47 bits per heavy atom. The first kappa shape index (κ1) is 19.0. The number of para-hydroxylation sites is 1. The van der Waals surface area contributed by atoms with E-state index in [0.717, 1.165) is 44.6 Å². The zero-order valence-corrected chi connectivity index (χ0v) is 17.5. The van der Waals surface area contributed by atoms with Gasteiger partial charge < -0.3 is 19.6 Å². The molecule has 6 nitrogen and oxygen atoms in total. The van der Waals surface area contributed by atoms with Gasteiger partial charge in [0.15, 0.2) is 0 Å². The summed E-state index contributed by atoms with van der Waals surface area (Å²) in [5.74, 6) is 0.153. The fraction of sp³-hybridized carbons (Fsp3) is 0.417. The van der Waals surface area contributed by atoms with Crippen LogP contribution in [0.15, 0.2) is 48.5 Å². The first-order chi connectivity index (χ1) is 14.6. The summed E-state index contributed by atoms with van der Waals surface area (Å²) in [6.45, 7) is 3.89. The summed E-state index contributed by atoms with van der Waals surface area (Å²) < 4.78 is 0. The van der Waals surface area contributed by atoms with Gasteiger partial charge in [-0.15, -0.1) is 0 Å². The van der Waals surface area contributed by atoms with Gasteiger partial charge in [-0.1, -0.05) is 18.2 Å². The van der Waals surface area contributed by atoms with E-state index in [1.807, 2.05) is 53.2 Å².